The third kappa shape index (κ3) is 5.66. The van der Waals surface area contributed by atoms with Crippen LogP contribution in [0.1, 0.15) is 24.1 Å². The Kier molecular flexibility index (Phi) is 7.07. The number of nitrogens with zero attached hydrogens (tertiary/aromatic N) is 1. The van der Waals surface area contributed by atoms with Crippen molar-refractivity contribution in [2.45, 2.75) is 30.7 Å². The maximum atomic E-state index is 14.6. The number of hydrogen-bond donors (Lipinski definition) is 2. The predicted molar refractivity (Wildman–Crippen MR) is 112 cm³/mol. The number of rotatable bonds is 8. The molecule has 3 aromatic rings. The Morgan fingerprint density at radius 2 is 1.90 bits per heavy atom. The highest BCUT2D eigenvalue weighted by atomic mass is 35.5. The molecular formula is C19H16ClF4N3O2S2. The van der Waals surface area contributed by atoms with Gasteiger partial charge in [0.2, 0.25) is 6.43 Å². The Morgan fingerprint density at radius 1 is 1.16 bits per heavy atom. The molecule has 0 saturated heterocycles. The molecule has 1 heterocycles. The van der Waals surface area contributed by atoms with Crippen LogP contribution in [0.4, 0.5) is 29.1 Å². The average Bonchev–Trinajstić information content (AvgIpc) is 3.17. The number of halogens is 5. The van der Waals surface area contributed by atoms with Gasteiger partial charge in [-0.25, -0.2) is 31.0 Å². The summed E-state index contributed by atoms with van der Waals surface area (Å²) in [5.41, 5.74) is 1.74. The van der Waals surface area contributed by atoms with Gasteiger partial charge in [-0.05, 0) is 30.7 Å². The zero-order valence-electron chi connectivity index (χ0n) is 15.9. The molecule has 0 aliphatic heterocycles. The van der Waals surface area contributed by atoms with Crippen molar-refractivity contribution in [2.75, 3.05) is 10.0 Å². The van der Waals surface area contributed by atoms with Crippen molar-refractivity contribution in [3.63, 3.8) is 0 Å². The van der Waals surface area contributed by atoms with Gasteiger partial charge in [0, 0.05) is 17.4 Å². The molecule has 0 aliphatic carbocycles. The number of alkyl halides is 2. The van der Waals surface area contributed by atoms with Crippen LogP contribution in [0.3, 0.4) is 0 Å². The standard InChI is InChI=1S/C19H16ClF4N3O2S2/c1-10(12-4-11(5-18(23)24)2-3-14(12)21)26-16-7-15(22)17(6-13(16)20)31(28,29)27-19-8-30-9-25-19/h2-4,6-10,18,26-27H,5H2,1H3/t10-/m0/s1. The number of sulfonamides is 1. The summed E-state index contributed by atoms with van der Waals surface area (Å²) >= 11 is 7.29. The average molecular weight is 494 g/mol. The van der Waals surface area contributed by atoms with Crippen LogP contribution in [0.25, 0.3) is 0 Å². The van der Waals surface area contributed by atoms with E-state index in [1.54, 1.807) is 0 Å². The van der Waals surface area contributed by atoms with Crippen LogP contribution >= 0.6 is 22.9 Å². The molecule has 0 spiro atoms. The van der Waals surface area contributed by atoms with Crippen LogP contribution < -0.4 is 10.0 Å². The fourth-order valence-corrected chi connectivity index (χ4v) is 4.77. The van der Waals surface area contributed by atoms with Crippen molar-refractivity contribution in [1.29, 1.82) is 0 Å². The molecular weight excluding hydrogens is 478 g/mol. The first-order valence-electron chi connectivity index (χ1n) is 8.80. The Labute approximate surface area is 185 Å². The zero-order valence-corrected chi connectivity index (χ0v) is 18.3. The number of benzene rings is 2. The molecule has 12 heteroatoms. The molecule has 0 aliphatic rings. The molecule has 0 saturated carbocycles. The van der Waals surface area contributed by atoms with E-state index < -0.39 is 45.4 Å². The highest BCUT2D eigenvalue weighted by Crippen LogP contribution is 2.32. The smallest absolute Gasteiger partial charge is 0.266 e. The minimum absolute atomic E-state index is 0.0120. The van der Waals surface area contributed by atoms with Crippen LogP contribution in [0.5, 0.6) is 0 Å². The number of nitrogens with one attached hydrogen (secondary N) is 2. The van der Waals surface area contributed by atoms with Crippen molar-refractivity contribution < 1.29 is 26.0 Å². The largest absolute Gasteiger partial charge is 0.377 e. The van der Waals surface area contributed by atoms with Crippen LogP contribution in [-0.2, 0) is 16.4 Å². The summed E-state index contributed by atoms with van der Waals surface area (Å²) in [5.74, 6) is -1.69. The lowest BCUT2D eigenvalue weighted by Gasteiger charge is -2.19. The molecule has 0 bridgehead atoms. The highest BCUT2D eigenvalue weighted by Gasteiger charge is 2.23. The molecule has 0 radical (unpaired) electrons. The molecule has 5 nitrogen and oxygen atoms in total. The monoisotopic (exact) mass is 493 g/mol. The quantitative estimate of drug-likeness (QED) is 0.386. The number of thiazole rings is 1. The molecule has 2 aromatic carbocycles. The molecule has 31 heavy (non-hydrogen) atoms. The first-order valence-corrected chi connectivity index (χ1v) is 11.6. The van der Waals surface area contributed by atoms with Gasteiger partial charge >= 0.3 is 0 Å². The maximum absolute atomic E-state index is 14.6. The van der Waals surface area contributed by atoms with Crippen molar-refractivity contribution in [3.05, 3.63) is 69.0 Å². The number of aromatic nitrogens is 1. The first-order chi connectivity index (χ1) is 14.6. The maximum Gasteiger partial charge on any atom is 0.266 e. The van der Waals surface area contributed by atoms with Gasteiger partial charge in [0.05, 0.1) is 22.3 Å². The van der Waals surface area contributed by atoms with E-state index in [4.69, 9.17) is 11.6 Å². The van der Waals surface area contributed by atoms with Gasteiger partial charge < -0.3 is 5.32 Å². The Hall–Kier alpha value is -2.37. The van der Waals surface area contributed by atoms with E-state index in [-0.39, 0.29) is 27.7 Å². The summed E-state index contributed by atoms with van der Waals surface area (Å²) in [5, 5.41) is 4.09. The van der Waals surface area contributed by atoms with Gasteiger partial charge in [0.15, 0.2) is 5.82 Å². The van der Waals surface area contributed by atoms with E-state index >= 15 is 0 Å². The van der Waals surface area contributed by atoms with Gasteiger partial charge in [-0.1, -0.05) is 23.7 Å². The van der Waals surface area contributed by atoms with E-state index in [0.29, 0.717) is 0 Å². The third-order valence-corrected chi connectivity index (χ3v) is 6.54. The fraction of sp³-hybridized carbons (Fsp3) is 0.211. The summed E-state index contributed by atoms with van der Waals surface area (Å²) in [4.78, 5) is 3.09. The Bertz CT molecular complexity index is 1180. The first kappa shape index (κ1) is 23.3. The number of anilines is 2. The molecule has 3 rings (SSSR count). The molecule has 1 atom stereocenters. The van der Waals surface area contributed by atoms with E-state index in [1.807, 2.05) is 0 Å². The molecule has 0 unspecified atom stereocenters. The van der Waals surface area contributed by atoms with Crippen molar-refractivity contribution in [1.82, 2.24) is 4.98 Å². The lowest BCUT2D eigenvalue weighted by Crippen LogP contribution is -2.16. The molecule has 0 amide bonds. The van der Waals surface area contributed by atoms with E-state index in [1.165, 1.54) is 29.9 Å². The Balaban J connectivity index is 1.85. The lowest BCUT2D eigenvalue weighted by atomic mass is 10.0. The van der Waals surface area contributed by atoms with Crippen LogP contribution in [0, 0.1) is 11.6 Å². The topological polar surface area (TPSA) is 71.1 Å². The molecule has 166 valence electrons. The van der Waals surface area contributed by atoms with Gasteiger partial charge in [0.25, 0.3) is 10.0 Å². The predicted octanol–water partition coefficient (Wildman–Crippen LogP) is 5.86. The minimum Gasteiger partial charge on any atom is -0.377 e. The van der Waals surface area contributed by atoms with Gasteiger partial charge in [-0.2, -0.15) is 0 Å². The SMILES string of the molecule is C[C@H](Nc1cc(F)c(S(=O)(=O)Nc2cscn2)cc1Cl)c1cc(CC(F)F)ccc1F. The summed E-state index contributed by atoms with van der Waals surface area (Å²) in [6.07, 6.45) is -3.12. The minimum atomic E-state index is -4.28. The second-order valence-electron chi connectivity index (χ2n) is 6.56. The second kappa shape index (κ2) is 9.41. The van der Waals surface area contributed by atoms with Crippen molar-refractivity contribution in [3.8, 4) is 0 Å². The number of hydrogen-bond acceptors (Lipinski definition) is 5. The Morgan fingerprint density at radius 3 is 2.55 bits per heavy atom. The van der Waals surface area contributed by atoms with Crippen LogP contribution in [0.2, 0.25) is 5.02 Å². The summed E-state index contributed by atoms with van der Waals surface area (Å²) < 4.78 is 81.0. The molecule has 1 aromatic heterocycles. The molecule has 2 N–H and O–H groups in total. The summed E-state index contributed by atoms with van der Waals surface area (Å²) in [6, 6.07) is 4.65. The second-order valence-corrected chi connectivity index (χ2v) is 9.34. The van der Waals surface area contributed by atoms with Gasteiger partial charge in [0.1, 0.15) is 16.5 Å². The van der Waals surface area contributed by atoms with Gasteiger partial charge in [-0.3, -0.25) is 4.72 Å². The van der Waals surface area contributed by atoms with Crippen molar-refractivity contribution in [2.24, 2.45) is 0 Å². The summed E-state index contributed by atoms with van der Waals surface area (Å²) in [6.45, 7) is 1.53. The van der Waals surface area contributed by atoms with Crippen LogP contribution in [-0.4, -0.2) is 19.8 Å². The summed E-state index contributed by atoms with van der Waals surface area (Å²) in [7, 11) is -4.28. The van der Waals surface area contributed by atoms with Crippen LogP contribution in [0.15, 0.2) is 46.1 Å². The lowest BCUT2D eigenvalue weighted by molar-refractivity contribution is 0.149. The molecule has 0 fully saturated rings. The van der Waals surface area contributed by atoms with Crippen molar-refractivity contribution >= 4 is 44.5 Å². The fourth-order valence-electron chi connectivity index (χ4n) is 2.84. The van der Waals surface area contributed by atoms with E-state index in [2.05, 4.69) is 15.0 Å². The van der Waals surface area contributed by atoms with E-state index in [0.717, 1.165) is 29.5 Å². The highest BCUT2D eigenvalue weighted by molar-refractivity contribution is 7.92. The van der Waals surface area contributed by atoms with E-state index in [9.17, 15) is 26.0 Å². The zero-order chi connectivity index (χ0) is 22.8. The normalized spacial score (nSPS) is 12.7. The third-order valence-electron chi connectivity index (χ3n) is 4.27. The van der Waals surface area contributed by atoms with Gasteiger partial charge in [-0.15, -0.1) is 11.3 Å².